The SMILES string of the molecule is Cc1cccnc1CC(C)(C)O. The van der Waals surface area contributed by atoms with Crippen molar-refractivity contribution in [2.45, 2.75) is 32.8 Å². The molecule has 0 saturated heterocycles. The summed E-state index contributed by atoms with van der Waals surface area (Å²) < 4.78 is 0. The van der Waals surface area contributed by atoms with E-state index in [-0.39, 0.29) is 0 Å². The molecule has 0 aromatic carbocycles. The largest absolute Gasteiger partial charge is 0.390 e. The molecule has 0 aliphatic carbocycles. The van der Waals surface area contributed by atoms with E-state index in [1.54, 1.807) is 20.0 Å². The molecule has 0 aliphatic heterocycles. The number of pyridine rings is 1. The third-order valence-electron chi connectivity index (χ3n) is 1.72. The fraction of sp³-hybridized carbons (Fsp3) is 0.500. The summed E-state index contributed by atoms with van der Waals surface area (Å²) >= 11 is 0. The van der Waals surface area contributed by atoms with Crippen molar-refractivity contribution in [3.05, 3.63) is 29.6 Å². The lowest BCUT2D eigenvalue weighted by Crippen LogP contribution is -2.23. The summed E-state index contributed by atoms with van der Waals surface area (Å²) in [6, 6.07) is 3.91. The van der Waals surface area contributed by atoms with Crippen LogP contribution in [0.15, 0.2) is 18.3 Å². The van der Waals surface area contributed by atoms with Crippen molar-refractivity contribution in [2.75, 3.05) is 0 Å². The third-order valence-corrected chi connectivity index (χ3v) is 1.72. The van der Waals surface area contributed by atoms with Crippen molar-refractivity contribution in [3.63, 3.8) is 0 Å². The van der Waals surface area contributed by atoms with Crippen molar-refractivity contribution in [1.82, 2.24) is 4.98 Å². The Morgan fingerprint density at radius 3 is 2.67 bits per heavy atom. The Balaban J connectivity index is 2.83. The van der Waals surface area contributed by atoms with E-state index in [0.717, 1.165) is 11.3 Å². The van der Waals surface area contributed by atoms with E-state index in [9.17, 15) is 5.11 Å². The van der Waals surface area contributed by atoms with Gasteiger partial charge in [-0.05, 0) is 32.4 Å². The Bertz CT molecular complexity index is 263. The van der Waals surface area contributed by atoms with Crippen LogP contribution in [-0.2, 0) is 6.42 Å². The smallest absolute Gasteiger partial charge is 0.0647 e. The van der Waals surface area contributed by atoms with Gasteiger partial charge in [-0.25, -0.2) is 0 Å². The van der Waals surface area contributed by atoms with E-state index in [1.165, 1.54) is 0 Å². The predicted molar refractivity (Wildman–Crippen MR) is 49.0 cm³/mol. The van der Waals surface area contributed by atoms with Crippen molar-refractivity contribution >= 4 is 0 Å². The van der Waals surface area contributed by atoms with Crippen molar-refractivity contribution in [2.24, 2.45) is 0 Å². The monoisotopic (exact) mass is 165 g/mol. The molecule has 66 valence electrons. The lowest BCUT2D eigenvalue weighted by atomic mass is 10.0. The minimum atomic E-state index is -0.668. The van der Waals surface area contributed by atoms with Gasteiger partial charge in [-0.15, -0.1) is 0 Å². The van der Waals surface area contributed by atoms with Gasteiger partial charge in [-0.1, -0.05) is 6.07 Å². The maximum Gasteiger partial charge on any atom is 0.0647 e. The zero-order valence-electron chi connectivity index (χ0n) is 7.83. The van der Waals surface area contributed by atoms with Gasteiger partial charge in [0.25, 0.3) is 0 Å². The number of hydrogen-bond donors (Lipinski definition) is 1. The molecule has 0 atom stereocenters. The lowest BCUT2D eigenvalue weighted by Gasteiger charge is -2.17. The molecule has 2 nitrogen and oxygen atoms in total. The second-order valence-corrected chi connectivity index (χ2v) is 3.76. The molecule has 0 spiro atoms. The van der Waals surface area contributed by atoms with E-state index >= 15 is 0 Å². The Morgan fingerprint density at radius 2 is 2.17 bits per heavy atom. The maximum absolute atomic E-state index is 9.56. The maximum atomic E-state index is 9.56. The van der Waals surface area contributed by atoms with Gasteiger partial charge in [0.05, 0.1) is 5.60 Å². The van der Waals surface area contributed by atoms with Gasteiger partial charge >= 0.3 is 0 Å². The molecule has 12 heavy (non-hydrogen) atoms. The molecule has 0 unspecified atom stereocenters. The highest BCUT2D eigenvalue weighted by Crippen LogP contribution is 2.12. The summed E-state index contributed by atoms with van der Waals surface area (Å²) in [7, 11) is 0. The van der Waals surface area contributed by atoms with E-state index in [1.807, 2.05) is 19.1 Å². The van der Waals surface area contributed by atoms with Crippen molar-refractivity contribution < 1.29 is 5.11 Å². The topological polar surface area (TPSA) is 33.1 Å². The molecule has 2 heteroatoms. The van der Waals surface area contributed by atoms with Crippen LogP contribution in [0.25, 0.3) is 0 Å². The highest BCUT2D eigenvalue weighted by molar-refractivity contribution is 5.18. The predicted octanol–water partition coefficient (Wildman–Crippen LogP) is 1.70. The quantitative estimate of drug-likeness (QED) is 0.723. The lowest BCUT2D eigenvalue weighted by molar-refractivity contribution is 0.0797. The molecule has 1 heterocycles. The number of aryl methyl sites for hydroxylation is 1. The fourth-order valence-corrected chi connectivity index (χ4v) is 1.11. The second kappa shape index (κ2) is 3.23. The second-order valence-electron chi connectivity index (χ2n) is 3.76. The van der Waals surface area contributed by atoms with Gasteiger partial charge < -0.3 is 5.11 Å². The van der Waals surface area contributed by atoms with Gasteiger partial charge in [0, 0.05) is 18.3 Å². The number of aromatic nitrogens is 1. The zero-order valence-corrected chi connectivity index (χ0v) is 7.83. The Morgan fingerprint density at radius 1 is 1.50 bits per heavy atom. The van der Waals surface area contributed by atoms with Crippen LogP contribution >= 0.6 is 0 Å². The molecule has 1 aromatic heterocycles. The summed E-state index contributed by atoms with van der Waals surface area (Å²) in [5.41, 5.74) is 1.45. The normalized spacial score (nSPS) is 11.7. The van der Waals surface area contributed by atoms with Crippen LogP contribution in [-0.4, -0.2) is 15.7 Å². The van der Waals surface area contributed by atoms with Crippen LogP contribution in [0.2, 0.25) is 0 Å². The number of rotatable bonds is 2. The average molecular weight is 165 g/mol. The Hall–Kier alpha value is -0.890. The van der Waals surface area contributed by atoms with E-state index in [2.05, 4.69) is 4.98 Å². The summed E-state index contributed by atoms with van der Waals surface area (Å²) in [6.07, 6.45) is 2.37. The molecule has 0 aliphatic rings. The first-order chi connectivity index (χ1) is 5.49. The van der Waals surface area contributed by atoms with Crippen LogP contribution in [0.4, 0.5) is 0 Å². The van der Waals surface area contributed by atoms with Crippen LogP contribution in [0.5, 0.6) is 0 Å². The van der Waals surface area contributed by atoms with Crippen molar-refractivity contribution in [1.29, 1.82) is 0 Å². The fourth-order valence-electron chi connectivity index (χ4n) is 1.11. The standard InChI is InChI=1S/C10H15NO/c1-8-5-4-6-11-9(8)7-10(2,3)12/h4-6,12H,7H2,1-3H3. The molecule has 0 radical (unpaired) electrons. The summed E-state index contributed by atoms with van der Waals surface area (Å²) in [6.45, 7) is 5.59. The van der Waals surface area contributed by atoms with Gasteiger partial charge in [0.1, 0.15) is 0 Å². The average Bonchev–Trinajstić information content (AvgIpc) is 1.91. The van der Waals surface area contributed by atoms with Crippen LogP contribution < -0.4 is 0 Å². The van der Waals surface area contributed by atoms with Crippen molar-refractivity contribution in [3.8, 4) is 0 Å². The molecule has 1 aromatic rings. The van der Waals surface area contributed by atoms with Gasteiger partial charge in [0.2, 0.25) is 0 Å². The summed E-state index contributed by atoms with van der Waals surface area (Å²) in [5.74, 6) is 0. The molecular formula is C10H15NO. The first-order valence-electron chi connectivity index (χ1n) is 4.12. The minimum Gasteiger partial charge on any atom is -0.390 e. The minimum absolute atomic E-state index is 0.611. The highest BCUT2D eigenvalue weighted by atomic mass is 16.3. The molecule has 1 N–H and O–H groups in total. The summed E-state index contributed by atoms with van der Waals surface area (Å²) in [4.78, 5) is 4.20. The van der Waals surface area contributed by atoms with Gasteiger partial charge in [-0.2, -0.15) is 0 Å². The molecule has 0 saturated carbocycles. The molecule has 0 bridgehead atoms. The first-order valence-corrected chi connectivity index (χ1v) is 4.12. The molecule has 1 rings (SSSR count). The molecular weight excluding hydrogens is 150 g/mol. The van der Waals surface area contributed by atoms with E-state index < -0.39 is 5.60 Å². The summed E-state index contributed by atoms with van der Waals surface area (Å²) in [5, 5.41) is 9.56. The first kappa shape index (κ1) is 9.20. The molecule has 0 fully saturated rings. The van der Waals surface area contributed by atoms with Crippen LogP contribution in [0, 0.1) is 6.92 Å². The van der Waals surface area contributed by atoms with Crippen LogP contribution in [0.3, 0.4) is 0 Å². The van der Waals surface area contributed by atoms with Crippen LogP contribution in [0.1, 0.15) is 25.1 Å². The number of nitrogens with zero attached hydrogens (tertiary/aromatic N) is 1. The van der Waals surface area contributed by atoms with Gasteiger partial charge in [-0.3, -0.25) is 4.98 Å². The number of hydrogen-bond acceptors (Lipinski definition) is 2. The van der Waals surface area contributed by atoms with Gasteiger partial charge in [0.15, 0.2) is 0 Å². The van der Waals surface area contributed by atoms with E-state index in [4.69, 9.17) is 0 Å². The number of aliphatic hydroxyl groups is 1. The third kappa shape index (κ3) is 2.62. The Kier molecular flexibility index (Phi) is 2.48. The zero-order chi connectivity index (χ0) is 9.19. The molecule has 0 amide bonds. The Labute approximate surface area is 73.3 Å². The van der Waals surface area contributed by atoms with E-state index in [0.29, 0.717) is 6.42 Å². The highest BCUT2D eigenvalue weighted by Gasteiger charge is 2.15.